The summed E-state index contributed by atoms with van der Waals surface area (Å²) in [7, 11) is 0. The Morgan fingerprint density at radius 2 is 2.00 bits per heavy atom. The number of anilines is 1. The van der Waals surface area contributed by atoms with Crippen LogP contribution in [0.5, 0.6) is 0 Å². The molecule has 0 unspecified atom stereocenters. The first-order valence-corrected chi connectivity index (χ1v) is 7.76. The van der Waals surface area contributed by atoms with Gasteiger partial charge in [-0.05, 0) is 26.2 Å². The molecule has 1 fully saturated rings. The maximum absolute atomic E-state index is 12.0. The molecule has 21 heavy (non-hydrogen) atoms. The lowest BCUT2D eigenvalue weighted by Gasteiger charge is -2.26. The van der Waals surface area contributed by atoms with Crippen LogP contribution in [0.2, 0.25) is 0 Å². The van der Waals surface area contributed by atoms with Gasteiger partial charge in [-0.1, -0.05) is 37.8 Å². The van der Waals surface area contributed by atoms with Gasteiger partial charge in [0.15, 0.2) is 5.76 Å². The van der Waals surface area contributed by atoms with Crippen molar-refractivity contribution in [2.75, 3.05) is 11.9 Å². The second-order valence-corrected chi connectivity index (χ2v) is 5.86. The lowest BCUT2D eigenvalue weighted by atomic mass is 9.95. The Morgan fingerprint density at radius 3 is 2.62 bits per heavy atom. The van der Waals surface area contributed by atoms with Crippen LogP contribution in [0.4, 0.5) is 10.5 Å². The number of rotatable bonds is 4. The normalized spacial score (nSPS) is 18.0. The molecule has 1 aliphatic carbocycles. The molecule has 118 valence electrons. The number of urea groups is 1. The molecule has 1 aromatic heterocycles. The van der Waals surface area contributed by atoms with Crippen LogP contribution >= 0.6 is 0 Å². The molecule has 6 heteroatoms. The first-order valence-electron chi connectivity index (χ1n) is 7.76. The summed E-state index contributed by atoms with van der Waals surface area (Å²) in [5.41, 5.74) is 0.587. The van der Waals surface area contributed by atoms with Crippen molar-refractivity contribution in [2.45, 2.75) is 64.4 Å². The number of aromatic nitrogens is 1. The Kier molecular flexibility index (Phi) is 5.22. The van der Waals surface area contributed by atoms with Crippen molar-refractivity contribution in [1.29, 1.82) is 0 Å². The second kappa shape index (κ2) is 6.93. The maximum Gasteiger partial charge on any atom is 0.319 e. The van der Waals surface area contributed by atoms with Crippen LogP contribution in [-0.2, 0) is 6.42 Å². The fourth-order valence-electron chi connectivity index (χ4n) is 2.79. The van der Waals surface area contributed by atoms with Crippen LogP contribution in [0.1, 0.15) is 56.9 Å². The molecule has 0 radical (unpaired) electrons. The highest BCUT2D eigenvalue weighted by molar-refractivity contribution is 5.90. The van der Waals surface area contributed by atoms with E-state index < -0.39 is 5.60 Å². The Balaban J connectivity index is 1.88. The Hall–Kier alpha value is -1.56. The van der Waals surface area contributed by atoms with Crippen molar-refractivity contribution in [3.05, 3.63) is 11.5 Å². The van der Waals surface area contributed by atoms with Crippen molar-refractivity contribution >= 4 is 11.7 Å². The molecule has 6 nitrogen and oxygen atoms in total. The van der Waals surface area contributed by atoms with E-state index in [-0.39, 0.29) is 12.6 Å². The quantitative estimate of drug-likeness (QED) is 0.745. The van der Waals surface area contributed by atoms with Gasteiger partial charge in [0.25, 0.3) is 0 Å². The summed E-state index contributed by atoms with van der Waals surface area (Å²) in [6.45, 7) is 4.00. The van der Waals surface area contributed by atoms with Gasteiger partial charge in [-0.2, -0.15) is 0 Å². The molecule has 2 rings (SSSR count). The number of aliphatic hydroxyl groups is 1. The third-order valence-corrected chi connectivity index (χ3v) is 4.12. The molecule has 0 saturated heterocycles. The van der Waals surface area contributed by atoms with E-state index in [4.69, 9.17) is 4.52 Å². The number of nitrogens with one attached hydrogen (secondary N) is 2. The van der Waals surface area contributed by atoms with Gasteiger partial charge >= 0.3 is 6.03 Å². The van der Waals surface area contributed by atoms with Gasteiger partial charge in [-0.15, -0.1) is 0 Å². The van der Waals surface area contributed by atoms with Crippen LogP contribution in [0.3, 0.4) is 0 Å². The van der Waals surface area contributed by atoms with E-state index in [1.165, 1.54) is 0 Å². The maximum atomic E-state index is 12.0. The Labute approximate surface area is 125 Å². The number of hydrogen-bond acceptors (Lipinski definition) is 4. The molecule has 1 aromatic rings. The van der Waals surface area contributed by atoms with Crippen LogP contribution in [0.15, 0.2) is 4.52 Å². The van der Waals surface area contributed by atoms with E-state index in [1.54, 1.807) is 6.92 Å². The monoisotopic (exact) mass is 295 g/mol. The molecular formula is C15H25N3O3. The molecule has 1 aliphatic rings. The fraction of sp³-hybridized carbons (Fsp3) is 0.733. The molecule has 0 spiro atoms. The number of amides is 2. The van der Waals surface area contributed by atoms with Gasteiger partial charge in [0.1, 0.15) is 11.4 Å². The van der Waals surface area contributed by atoms with E-state index in [1.807, 2.05) is 6.92 Å². The number of aryl methyl sites for hydroxylation is 2. The smallest absolute Gasteiger partial charge is 0.319 e. The topological polar surface area (TPSA) is 87.4 Å². The summed E-state index contributed by atoms with van der Waals surface area (Å²) in [4.78, 5) is 12.0. The van der Waals surface area contributed by atoms with Crippen molar-refractivity contribution in [3.8, 4) is 0 Å². The predicted molar refractivity (Wildman–Crippen MR) is 80.3 cm³/mol. The van der Waals surface area contributed by atoms with Gasteiger partial charge in [0.05, 0.1) is 5.60 Å². The van der Waals surface area contributed by atoms with Crippen molar-refractivity contribution in [3.63, 3.8) is 0 Å². The predicted octanol–water partition coefficient (Wildman–Crippen LogP) is 2.75. The summed E-state index contributed by atoms with van der Waals surface area (Å²) in [5.74, 6) is 0.593. The molecular weight excluding hydrogens is 270 g/mol. The fourth-order valence-corrected chi connectivity index (χ4v) is 2.79. The first-order chi connectivity index (χ1) is 10.0. The highest BCUT2D eigenvalue weighted by atomic mass is 16.5. The van der Waals surface area contributed by atoms with Crippen LogP contribution in [0, 0.1) is 6.92 Å². The van der Waals surface area contributed by atoms with Gasteiger partial charge in [0.2, 0.25) is 0 Å². The van der Waals surface area contributed by atoms with Crippen LogP contribution in [-0.4, -0.2) is 28.4 Å². The molecule has 3 N–H and O–H groups in total. The molecule has 0 aromatic carbocycles. The Bertz CT molecular complexity index is 477. The minimum Gasteiger partial charge on any atom is -0.388 e. The zero-order valence-electron chi connectivity index (χ0n) is 12.9. The molecule has 1 saturated carbocycles. The summed E-state index contributed by atoms with van der Waals surface area (Å²) < 4.78 is 5.08. The minimum absolute atomic E-state index is 0.282. The van der Waals surface area contributed by atoms with Crippen molar-refractivity contribution in [2.24, 2.45) is 0 Å². The summed E-state index contributed by atoms with van der Waals surface area (Å²) in [5, 5.41) is 19.9. The minimum atomic E-state index is -0.773. The van der Waals surface area contributed by atoms with E-state index in [0.717, 1.165) is 44.2 Å². The SMILES string of the molecule is CCc1noc(C)c1NC(=O)NCC1(O)CCCCCC1. The zero-order chi connectivity index (χ0) is 15.3. The first kappa shape index (κ1) is 15.8. The third-order valence-electron chi connectivity index (χ3n) is 4.12. The van der Waals surface area contributed by atoms with Crippen molar-refractivity contribution in [1.82, 2.24) is 10.5 Å². The summed E-state index contributed by atoms with van der Waals surface area (Å²) >= 11 is 0. The Morgan fingerprint density at radius 1 is 1.33 bits per heavy atom. The van der Waals surface area contributed by atoms with E-state index in [2.05, 4.69) is 15.8 Å². The molecule has 0 atom stereocenters. The van der Waals surface area contributed by atoms with Gasteiger partial charge in [-0.3, -0.25) is 0 Å². The number of carbonyl (C=O) groups is 1. The van der Waals surface area contributed by atoms with Crippen molar-refractivity contribution < 1.29 is 14.4 Å². The molecule has 1 heterocycles. The average Bonchev–Trinajstić information content (AvgIpc) is 2.68. The van der Waals surface area contributed by atoms with Crippen LogP contribution < -0.4 is 10.6 Å². The second-order valence-electron chi connectivity index (χ2n) is 5.86. The van der Waals surface area contributed by atoms with E-state index in [9.17, 15) is 9.90 Å². The standard InChI is InChI=1S/C15H25N3O3/c1-3-12-13(11(2)21-18-12)17-14(19)16-10-15(20)8-6-4-5-7-9-15/h20H,3-10H2,1-2H3,(H2,16,17,19). The lowest BCUT2D eigenvalue weighted by Crippen LogP contribution is -2.44. The lowest BCUT2D eigenvalue weighted by molar-refractivity contribution is 0.0281. The van der Waals surface area contributed by atoms with Gasteiger partial charge in [-0.25, -0.2) is 4.79 Å². The largest absolute Gasteiger partial charge is 0.388 e. The number of carbonyl (C=O) groups excluding carboxylic acids is 1. The molecule has 0 bridgehead atoms. The van der Waals surface area contributed by atoms with E-state index in [0.29, 0.717) is 17.9 Å². The third kappa shape index (κ3) is 4.20. The average molecular weight is 295 g/mol. The zero-order valence-corrected chi connectivity index (χ0v) is 12.9. The molecule has 0 aliphatic heterocycles. The number of nitrogens with zero attached hydrogens (tertiary/aromatic N) is 1. The van der Waals surface area contributed by atoms with Crippen LogP contribution in [0.25, 0.3) is 0 Å². The number of hydrogen-bond donors (Lipinski definition) is 3. The highest BCUT2D eigenvalue weighted by Crippen LogP contribution is 2.26. The van der Waals surface area contributed by atoms with Gasteiger partial charge in [0, 0.05) is 6.54 Å². The van der Waals surface area contributed by atoms with E-state index >= 15 is 0 Å². The highest BCUT2D eigenvalue weighted by Gasteiger charge is 2.28. The molecule has 2 amide bonds. The van der Waals surface area contributed by atoms with Gasteiger partial charge < -0.3 is 20.3 Å². The summed E-state index contributed by atoms with van der Waals surface area (Å²) in [6, 6.07) is -0.325. The summed E-state index contributed by atoms with van der Waals surface area (Å²) in [6.07, 6.45) is 6.55.